The molecule has 2 aliphatic heterocycles. The van der Waals surface area contributed by atoms with Crippen molar-refractivity contribution in [1.82, 2.24) is 9.80 Å². The van der Waals surface area contributed by atoms with Crippen LogP contribution in [-0.2, 0) is 25.5 Å². The average molecular weight is 435 g/mol. The number of likely N-dealkylation sites (tertiary alicyclic amines) is 1. The van der Waals surface area contributed by atoms with Gasteiger partial charge in [-0.2, -0.15) is 0 Å². The van der Waals surface area contributed by atoms with E-state index < -0.39 is 42.4 Å². The third kappa shape index (κ3) is 3.84. The molecule has 2 aromatic rings. The van der Waals surface area contributed by atoms with Crippen molar-refractivity contribution in [3.05, 3.63) is 65.2 Å². The molecule has 0 spiro atoms. The number of nitrogens with zero attached hydrogens (tertiary/aromatic N) is 2. The fraction of sp³-hybridized carbons (Fsp3) is 0.261. The van der Waals surface area contributed by atoms with Crippen LogP contribution in [0.5, 0.6) is 0 Å². The zero-order chi connectivity index (χ0) is 22.8. The number of amides is 4. The zero-order valence-electron chi connectivity index (χ0n) is 17.2. The number of fused-ring (bicyclic) bond motifs is 1. The van der Waals surface area contributed by atoms with Gasteiger partial charge in [0.2, 0.25) is 5.91 Å². The van der Waals surface area contributed by atoms with Crippen molar-refractivity contribution in [2.24, 2.45) is 0 Å². The number of benzene rings is 2. The second kappa shape index (κ2) is 8.62. The second-order valence-electron chi connectivity index (χ2n) is 7.58. The predicted octanol–water partition coefficient (Wildman–Crippen LogP) is 1.52. The lowest BCUT2D eigenvalue weighted by molar-refractivity contribution is -0.163. The molecule has 0 aromatic heterocycles. The molecule has 4 rings (SSSR count). The summed E-state index contributed by atoms with van der Waals surface area (Å²) in [5.41, 5.74) is 7.65. The minimum absolute atomic E-state index is 0.0201. The van der Waals surface area contributed by atoms with Gasteiger partial charge in [-0.25, -0.2) is 4.90 Å². The maximum atomic E-state index is 13.0. The number of esters is 1. The van der Waals surface area contributed by atoms with E-state index in [0.717, 1.165) is 15.4 Å². The molecule has 0 saturated carbocycles. The SMILES string of the molecule is Nc1ccccc1CCC(=O)OCN1C(=O)CCC(N2C(=O)c3ccccc3C2=O)C1=O. The molecule has 32 heavy (non-hydrogen) atoms. The summed E-state index contributed by atoms with van der Waals surface area (Å²) >= 11 is 0. The Bertz CT molecular complexity index is 1090. The van der Waals surface area contributed by atoms with E-state index in [1.807, 2.05) is 6.07 Å². The molecular weight excluding hydrogens is 414 g/mol. The molecule has 4 amide bonds. The number of imide groups is 2. The number of hydrogen-bond donors (Lipinski definition) is 1. The molecular formula is C23H21N3O6. The molecule has 0 aliphatic carbocycles. The normalized spacial score (nSPS) is 18.2. The maximum absolute atomic E-state index is 13.0. The number of nitrogen functional groups attached to an aromatic ring is 1. The first-order valence-electron chi connectivity index (χ1n) is 10.2. The molecule has 1 fully saturated rings. The zero-order valence-corrected chi connectivity index (χ0v) is 17.2. The van der Waals surface area contributed by atoms with Gasteiger partial charge in [-0.15, -0.1) is 0 Å². The van der Waals surface area contributed by atoms with Crippen LogP contribution < -0.4 is 5.73 Å². The smallest absolute Gasteiger partial charge is 0.307 e. The topological polar surface area (TPSA) is 127 Å². The van der Waals surface area contributed by atoms with Crippen LogP contribution in [0.4, 0.5) is 5.69 Å². The van der Waals surface area contributed by atoms with Crippen LogP contribution in [0.3, 0.4) is 0 Å². The van der Waals surface area contributed by atoms with Crippen LogP contribution in [0.1, 0.15) is 45.5 Å². The van der Waals surface area contributed by atoms with Gasteiger partial charge in [0.05, 0.1) is 11.1 Å². The molecule has 2 N–H and O–H groups in total. The van der Waals surface area contributed by atoms with Crippen LogP contribution in [0.25, 0.3) is 0 Å². The molecule has 1 saturated heterocycles. The molecule has 2 aromatic carbocycles. The molecule has 1 atom stereocenters. The number of hydrogen-bond acceptors (Lipinski definition) is 7. The van der Waals surface area contributed by atoms with E-state index in [-0.39, 0.29) is 30.4 Å². The summed E-state index contributed by atoms with van der Waals surface area (Å²) < 4.78 is 5.13. The fourth-order valence-corrected chi connectivity index (χ4v) is 3.89. The van der Waals surface area contributed by atoms with E-state index in [9.17, 15) is 24.0 Å². The lowest BCUT2D eigenvalue weighted by Crippen LogP contribution is -2.56. The number of ether oxygens (including phenoxy) is 1. The van der Waals surface area contributed by atoms with Gasteiger partial charge >= 0.3 is 5.97 Å². The number of nitrogens with two attached hydrogens (primary N) is 1. The first kappa shape index (κ1) is 21.2. The second-order valence-corrected chi connectivity index (χ2v) is 7.58. The molecule has 0 radical (unpaired) electrons. The Morgan fingerprint density at radius 2 is 1.59 bits per heavy atom. The molecule has 1 unspecified atom stereocenters. The summed E-state index contributed by atoms with van der Waals surface area (Å²) in [7, 11) is 0. The number of aryl methyl sites for hydroxylation is 1. The number of rotatable bonds is 6. The summed E-state index contributed by atoms with van der Waals surface area (Å²) in [6.45, 7) is -0.569. The number of piperidine rings is 1. The van der Waals surface area contributed by atoms with E-state index in [0.29, 0.717) is 12.1 Å². The van der Waals surface area contributed by atoms with E-state index >= 15 is 0 Å². The lowest BCUT2D eigenvalue weighted by atomic mass is 10.0. The first-order chi connectivity index (χ1) is 15.4. The molecule has 9 heteroatoms. The molecule has 2 aliphatic rings. The summed E-state index contributed by atoms with van der Waals surface area (Å²) in [4.78, 5) is 64.5. The van der Waals surface area contributed by atoms with Gasteiger partial charge in [-0.05, 0) is 36.6 Å². The largest absolute Gasteiger partial charge is 0.444 e. The van der Waals surface area contributed by atoms with Gasteiger partial charge in [-0.1, -0.05) is 30.3 Å². The Labute approximate surface area is 183 Å². The highest BCUT2D eigenvalue weighted by atomic mass is 16.5. The van der Waals surface area contributed by atoms with Gasteiger partial charge in [0.25, 0.3) is 17.7 Å². The van der Waals surface area contributed by atoms with E-state index in [4.69, 9.17) is 10.5 Å². The van der Waals surface area contributed by atoms with Gasteiger partial charge in [0, 0.05) is 18.5 Å². The van der Waals surface area contributed by atoms with Crippen molar-refractivity contribution in [3.8, 4) is 0 Å². The highest BCUT2D eigenvalue weighted by molar-refractivity contribution is 6.23. The monoisotopic (exact) mass is 435 g/mol. The molecule has 2 heterocycles. The minimum Gasteiger partial charge on any atom is -0.444 e. The Morgan fingerprint density at radius 3 is 2.25 bits per heavy atom. The van der Waals surface area contributed by atoms with Gasteiger partial charge in [0.1, 0.15) is 6.04 Å². The Kier molecular flexibility index (Phi) is 5.72. The number of anilines is 1. The van der Waals surface area contributed by atoms with Crippen molar-refractivity contribution in [2.45, 2.75) is 31.7 Å². The molecule has 164 valence electrons. The van der Waals surface area contributed by atoms with Crippen molar-refractivity contribution in [3.63, 3.8) is 0 Å². The number of carbonyl (C=O) groups is 5. The minimum atomic E-state index is -1.12. The highest BCUT2D eigenvalue weighted by Crippen LogP contribution is 2.29. The van der Waals surface area contributed by atoms with Gasteiger partial charge < -0.3 is 10.5 Å². The maximum Gasteiger partial charge on any atom is 0.307 e. The van der Waals surface area contributed by atoms with E-state index in [1.54, 1.807) is 30.3 Å². The van der Waals surface area contributed by atoms with Crippen molar-refractivity contribution < 1.29 is 28.7 Å². The summed E-state index contributed by atoms with van der Waals surface area (Å²) in [5.74, 6) is -3.01. The van der Waals surface area contributed by atoms with Crippen LogP contribution in [0, 0.1) is 0 Å². The van der Waals surface area contributed by atoms with E-state index in [2.05, 4.69) is 0 Å². The molecule has 0 bridgehead atoms. The highest BCUT2D eigenvalue weighted by Gasteiger charge is 2.47. The third-order valence-electron chi connectivity index (χ3n) is 5.63. The Hall–Kier alpha value is -4.01. The first-order valence-corrected chi connectivity index (χ1v) is 10.2. The standard InChI is InChI=1S/C23H21N3O6/c24-17-8-4-1-5-14(17)9-12-20(28)32-13-25-19(27)11-10-18(23(25)31)26-21(29)15-6-2-3-7-16(15)22(26)30/h1-8,18H,9-13,24H2. The Balaban J connectivity index is 1.39. The van der Waals surface area contributed by atoms with Crippen LogP contribution in [0.15, 0.2) is 48.5 Å². The summed E-state index contributed by atoms with van der Waals surface area (Å²) in [6, 6.07) is 12.3. The molecule has 9 nitrogen and oxygen atoms in total. The quantitative estimate of drug-likeness (QED) is 0.414. The average Bonchev–Trinajstić information content (AvgIpc) is 3.04. The summed E-state index contributed by atoms with van der Waals surface area (Å²) in [5, 5.41) is 0. The van der Waals surface area contributed by atoms with Crippen LogP contribution in [0.2, 0.25) is 0 Å². The number of para-hydroxylation sites is 1. The fourth-order valence-electron chi connectivity index (χ4n) is 3.89. The lowest BCUT2D eigenvalue weighted by Gasteiger charge is -2.33. The third-order valence-corrected chi connectivity index (χ3v) is 5.63. The van der Waals surface area contributed by atoms with Crippen molar-refractivity contribution >= 4 is 35.3 Å². The summed E-state index contributed by atoms with van der Waals surface area (Å²) in [6.07, 6.45) is 0.347. The van der Waals surface area contributed by atoms with Gasteiger partial charge in [0.15, 0.2) is 6.73 Å². The van der Waals surface area contributed by atoms with Crippen LogP contribution >= 0.6 is 0 Å². The van der Waals surface area contributed by atoms with Crippen molar-refractivity contribution in [1.29, 1.82) is 0 Å². The Morgan fingerprint density at radius 1 is 0.969 bits per heavy atom. The van der Waals surface area contributed by atoms with Gasteiger partial charge in [-0.3, -0.25) is 28.9 Å². The predicted molar refractivity (Wildman–Crippen MR) is 112 cm³/mol. The number of carbonyl (C=O) groups excluding carboxylic acids is 5. The van der Waals surface area contributed by atoms with Crippen LogP contribution in [-0.4, -0.2) is 52.2 Å². The van der Waals surface area contributed by atoms with E-state index in [1.165, 1.54) is 12.1 Å². The van der Waals surface area contributed by atoms with Crippen molar-refractivity contribution in [2.75, 3.05) is 12.5 Å².